The summed E-state index contributed by atoms with van der Waals surface area (Å²) >= 11 is 0. The lowest BCUT2D eigenvalue weighted by molar-refractivity contribution is -0.141. The first-order valence-corrected chi connectivity index (χ1v) is 48.4. The number of aromatic nitrogens is 2. The molecule has 16 rings (SSSR count). The first-order chi connectivity index (χ1) is 65.9. The molecule has 1 aliphatic heterocycles. The predicted octanol–water partition coefficient (Wildman–Crippen LogP) is 25.3. The van der Waals surface area contributed by atoms with Crippen molar-refractivity contribution < 1.29 is 42.9 Å². The Bertz CT molecular complexity index is 6200. The zero-order valence-electron chi connectivity index (χ0n) is 80.1. The molecule has 1 aromatic heterocycles. The highest BCUT2D eigenvalue weighted by molar-refractivity contribution is 6.05. The van der Waals surface area contributed by atoms with Gasteiger partial charge in [-0.2, -0.15) is 0 Å². The second-order valence-electron chi connectivity index (χ2n) is 35.4. The van der Waals surface area contributed by atoms with Gasteiger partial charge in [-0.25, -0.2) is 14.6 Å². The summed E-state index contributed by atoms with van der Waals surface area (Å²) in [5, 5.41) is 19.1. The van der Waals surface area contributed by atoms with Crippen LogP contribution in [0.1, 0.15) is 194 Å². The number of anilines is 3. The number of piperazine rings is 1. The van der Waals surface area contributed by atoms with Gasteiger partial charge in [0.2, 0.25) is 11.8 Å². The van der Waals surface area contributed by atoms with Gasteiger partial charge in [-0.3, -0.25) is 33.5 Å². The van der Waals surface area contributed by atoms with E-state index in [1.165, 1.54) is 78.8 Å². The van der Waals surface area contributed by atoms with Crippen LogP contribution in [-0.2, 0) is 71.2 Å². The van der Waals surface area contributed by atoms with Gasteiger partial charge in [0.05, 0.1) is 50.9 Å². The Hall–Kier alpha value is -13.5. The minimum absolute atomic E-state index is 0.00220. The Morgan fingerprint density at radius 2 is 1.07 bits per heavy atom. The summed E-state index contributed by atoms with van der Waals surface area (Å²) in [6.45, 7) is 20.3. The van der Waals surface area contributed by atoms with E-state index < -0.39 is 0 Å². The lowest BCUT2D eigenvalue weighted by Gasteiger charge is -2.42. The first kappa shape index (κ1) is 99.0. The molecular formula is C116H133N9O10. The molecule has 2 heterocycles. The molecular weight excluding hydrogens is 1680 g/mol. The number of carbonyl (C=O) groups is 5. The number of methoxy groups -OCH3 is 2. The number of para-hydroxylation sites is 1. The monoisotopic (exact) mass is 1810 g/mol. The van der Waals surface area contributed by atoms with Gasteiger partial charge in [-0.05, 0) is 238 Å². The molecule has 2 aliphatic rings. The SMILES string of the molecule is CCCCCCCCCCCC(=O)CCC(=O)Nc1ccc2c(c1)CCC2.CCOc1ccc(N(Cc2c3ccccc3cc3ccccc23)C(=O)NCc2ccccc2)cc1.CCn1c(C(C)N2CCN(C(=O)COCc3ccccc3)C(C)C2)nc2ccccc2c1=O.COc1ccc(CCN(Cc2c3ccccc3cc3ccccc23)C(=O)Nc2ccc(C(C)C)cc2)cc1OC. The largest absolute Gasteiger partial charge is 0.494 e. The highest BCUT2D eigenvalue weighted by Gasteiger charge is 2.33. The fraction of sp³-hybridized carbons (Fsp3) is 0.336. The molecule has 135 heavy (non-hydrogen) atoms. The number of hydrogen-bond acceptors (Lipinski definition) is 12. The summed E-state index contributed by atoms with van der Waals surface area (Å²) in [6, 6.07) is 93.0. The summed E-state index contributed by atoms with van der Waals surface area (Å²) in [6.07, 6.45) is 16.8. The van der Waals surface area contributed by atoms with Gasteiger partial charge in [0, 0.05) is 88.2 Å². The van der Waals surface area contributed by atoms with Gasteiger partial charge in [0.25, 0.3) is 5.56 Å². The van der Waals surface area contributed by atoms with Crippen molar-refractivity contribution in [2.75, 3.05) is 69.1 Å². The molecule has 0 radical (unpaired) electrons. The third-order valence-electron chi connectivity index (χ3n) is 25.7. The Balaban J connectivity index is 0.000000154. The molecule has 6 amide bonds. The van der Waals surface area contributed by atoms with Crippen LogP contribution in [0.3, 0.4) is 0 Å². The minimum atomic E-state index is -0.143. The number of carbonyl (C=O) groups excluding carboxylic acids is 5. The molecule has 2 atom stereocenters. The summed E-state index contributed by atoms with van der Waals surface area (Å²) in [4.78, 5) is 90.0. The summed E-state index contributed by atoms with van der Waals surface area (Å²) < 4.78 is 24.0. The van der Waals surface area contributed by atoms with Gasteiger partial charge in [0.1, 0.15) is 24.0 Å². The number of aryl methyl sites for hydroxylation is 2. The summed E-state index contributed by atoms with van der Waals surface area (Å²) in [5.41, 5.74) is 12.7. The van der Waals surface area contributed by atoms with E-state index in [9.17, 15) is 28.8 Å². The fourth-order valence-corrected chi connectivity index (χ4v) is 18.1. The third kappa shape index (κ3) is 27.6. The van der Waals surface area contributed by atoms with E-state index in [1.807, 2.05) is 174 Å². The van der Waals surface area contributed by atoms with Crippen LogP contribution >= 0.6 is 0 Å². The molecule has 13 aromatic carbocycles. The van der Waals surface area contributed by atoms with Crippen molar-refractivity contribution in [3.63, 3.8) is 0 Å². The van der Waals surface area contributed by atoms with Crippen LogP contribution in [0.5, 0.6) is 17.2 Å². The summed E-state index contributed by atoms with van der Waals surface area (Å²) in [7, 11) is 3.27. The number of nitrogens with zero attached hydrogens (tertiary/aromatic N) is 6. The van der Waals surface area contributed by atoms with Crippen LogP contribution in [0.2, 0.25) is 0 Å². The van der Waals surface area contributed by atoms with Crippen LogP contribution < -0.4 is 40.6 Å². The van der Waals surface area contributed by atoms with Gasteiger partial charge in [-0.15, -0.1) is 0 Å². The van der Waals surface area contributed by atoms with Crippen molar-refractivity contribution in [3.8, 4) is 17.2 Å². The van der Waals surface area contributed by atoms with Crippen molar-refractivity contribution in [3.05, 3.63) is 340 Å². The van der Waals surface area contributed by atoms with Crippen LogP contribution in [0.25, 0.3) is 54.0 Å². The Kier molecular flexibility index (Phi) is 37.1. The number of ketones is 1. The topological polar surface area (TPSA) is 206 Å². The van der Waals surface area contributed by atoms with Crippen molar-refractivity contribution in [1.82, 2.24) is 29.6 Å². The van der Waals surface area contributed by atoms with Crippen molar-refractivity contribution in [2.45, 2.75) is 202 Å². The molecule has 14 aromatic rings. The maximum Gasteiger partial charge on any atom is 0.322 e. The van der Waals surface area contributed by atoms with E-state index in [1.54, 1.807) is 18.8 Å². The van der Waals surface area contributed by atoms with Crippen LogP contribution in [-0.4, -0.2) is 114 Å². The average molecular weight is 1810 g/mol. The molecule has 0 saturated carbocycles. The summed E-state index contributed by atoms with van der Waals surface area (Å²) in [5.74, 6) is 3.56. The second-order valence-corrected chi connectivity index (χ2v) is 35.4. The van der Waals surface area contributed by atoms with E-state index >= 15 is 0 Å². The molecule has 3 N–H and O–H groups in total. The Morgan fingerprint density at radius 3 is 1.67 bits per heavy atom. The lowest BCUT2D eigenvalue weighted by atomic mass is 9.96. The molecule has 0 bridgehead atoms. The zero-order chi connectivity index (χ0) is 94.8. The number of ether oxygens (including phenoxy) is 4. The van der Waals surface area contributed by atoms with Gasteiger partial charge < -0.3 is 44.7 Å². The van der Waals surface area contributed by atoms with E-state index in [4.69, 9.17) is 23.9 Å². The Labute approximate surface area is 796 Å². The highest BCUT2D eigenvalue weighted by Crippen LogP contribution is 2.36. The molecule has 1 fully saturated rings. The normalized spacial score (nSPS) is 13.1. The molecule has 702 valence electrons. The molecule has 2 unspecified atom stereocenters. The molecule has 0 spiro atoms. The number of benzene rings is 13. The number of amides is 6. The zero-order valence-corrected chi connectivity index (χ0v) is 80.1. The van der Waals surface area contributed by atoms with Gasteiger partial charge in [-0.1, -0.05) is 266 Å². The molecule has 1 saturated heterocycles. The second kappa shape index (κ2) is 50.6. The van der Waals surface area contributed by atoms with E-state index in [0.717, 1.165) is 133 Å². The average Bonchev–Trinajstić information content (AvgIpc) is 1.30. The van der Waals surface area contributed by atoms with Crippen LogP contribution in [0.4, 0.5) is 26.7 Å². The number of unbranched alkanes of at least 4 members (excludes halogenated alkanes) is 8. The quantitative estimate of drug-likeness (QED) is 0.0246. The number of urea groups is 2. The number of fused-ring (bicyclic) bond motifs is 6. The maximum absolute atomic E-state index is 13.8. The molecule has 19 heteroatoms. The van der Waals surface area contributed by atoms with Gasteiger partial charge in [0.15, 0.2) is 11.5 Å². The molecule has 19 nitrogen and oxygen atoms in total. The molecule has 1 aliphatic carbocycles. The van der Waals surface area contributed by atoms with Crippen molar-refractivity contribution in [1.29, 1.82) is 0 Å². The first-order valence-electron chi connectivity index (χ1n) is 48.4. The third-order valence-corrected chi connectivity index (χ3v) is 25.7. The number of Topliss-reactive ketones (excluding diaryl/α,β-unsaturated/α-hetero) is 1. The predicted molar refractivity (Wildman–Crippen MR) is 551 cm³/mol. The van der Waals surface area contributed by atoms with E-state index in [0.29, 0.717) is 101 Å². The number of hydrogen-bond donors (Lipinski definition) is 3. The minimum Gasteiger partial charge on any atom is -0.494 e. The van der Waals surface area contributed by atoms with E-state index in [-0.39, 0.29) is 53.9 Å². The Morgan fingerprint density at radius 1 is 0.511 bits per heavy atom. The van der Waals surface area contributed by atoms with E-state index in [2.05, 4.69) is 189 Å². The van der Waals surface area contributed by atoms with Crippen LogP contribution in [0, 0.1) is 0 Å². The number of rotatable bonds is 37. The smallest absolute Gasteiger partial charge is 0.322 e. The van der Waals surface area contributed by atoms with Crippen LogP contribution in [0.15, 0.2) is 284 Å². The lowest BCUT2D eigenvalue weighted by Crippen LogP contribution is -2.55. The standard InChI is InChI=1S/C35H36N2O3.C31H28N2O2.C26H32N4O3.C24H37NO2/c1-24(2)26-14-16-29(17-15-26)36-35(38)37(20-19-25-13-18-33(39-3)34(21-25)40-4)23-32-30-11-7-5-9-27(30)22-28-10-6-8-12-31(28)32;1-2-35-27-18-16-26(17-19-27)33(31(34)32-21-23-10-4-3-5-11-23)22-30-28-14-8-6-12-24(28)20-25-13-7-9-15-29(25)30;1-4-29-25(27-23-13-9-8-12-22(23)26(29)32)20(3)28-14-15-30(19(2)16-28)24(31)18-33-17-21-10-6-5-7-11-21;1-2-3-4-5-6-7-8-9-10-14-23(26)17-18-24(27)25-22-16-15-20-12-11-13-21(20)19-22/h5-18,21-22,24H,19-20,23H2,1-4H3,(H,36,38);3-20H,2,21-22H2,1H3,(H,32,34);5-13,19-20H,4,14-18H2,1-3H3;15-16,19H,2-14,17-18H2,1H3,(H,25,27). The number of nitrogens with one attached hydrogen (secondary N) is 3. The van der Waals surface area contributed by atoms with Gasteiger partial charge >= 0.3 is 12.1 Å². The fourth-order valence-electron chi connectivity index (χ4n) is 18.1. The maximum atomic E-state index is 13.8. The highest BCUT2D eigenvalue weighted by atomic mass is 16.5. The van der Waals surface area contributed by atoms with Crippen molar-refractivity contribution >= 4 is 101 Å². The van der Waals surface area contributed by atoms with Crippen molar-refractivity contribution in [2.24, 2.45) is 0 Å².